The molecule has 5 aliphatic rings. The molecule has 5 heterocycles. The minimum absolute atomic E-state index is 0.0419. The second kappa shape index (κ2) is 30.7. The maximum absolute atomic E-state index is 14.9. The molecule has 5 aliphatic heterocycles. The van der Waals surface area contributed by atoms with E-state index < -0.39 is 213 Å². The lowest BCUT2D eigenvalue weighted by atomic mass is 9.80. The summed E-state index contributed by atoms with van der Waals surface area (Å²) in [5.74, 6) is -11.1. The zero-order valence-electron chi connectivity index (χ0n) is 53.6. The summed E-state index contributed by atoms with van der Waals surface area (Å²) in [4.78, 5) is 94.3. The molecule has 26 atom stereocenters. The molecule has 29 nitrogen and oxygen atoms in total. The molecule has 29 heteroatoms. The average molecular weight is 1250 g/mol. The van der Waals surface area contributed by atoms with E-state index in [1.165, 1.54) is 34.6 Å². The van der Waals surface area contributed by atoms with E-state index in [-0.39, 0.29) is 19.4 Å². The molecule has 87 heavy (non-hydrogen) atoms. The summed E-state index contributed by atoms with van der Waals surface area (Å²) in [6, 6.07) is -1.43. The summed E-state index contributed by atoms with van der Waals surface area (Å²) < 4.78 is 98.6. The van der Waals surface area contributed by atoms with E-state index in [4.69, 9.17) is 75.8 Å². The summed E-state index contributed by atoms with van der Waals surface area (Å²) in [5.41, 5.74) is -3.66. The first-order valence-corrected chi connectivity index (χ1v) is 29.6. The van der Waals surface area contributed by atoms with Crippen LogP contribution in [0.5, 0.6) is 0 Å². The molecule has 4 N–H and O–H groups in total. The van der Waals surface area contributed by atoms with Crippen LogP contribution in [0.15, 0.2) is 0 Å². The monoisotopic (exact) mass is 1250 g/mol. The Kier molecular flexibility index (Phi) is 25.9. The maximum atomic E-state index is 14.9. The molecule has 2 bridgehead atoms. The van der Waals surface area contributed by atoms with Gasteiger partial charge in [0.25, 0.3) is 0 Å². The molecular weight excluding hydrogens is 1160 g/mol. The Hall–Kier alpha value is -4.31. The van der Waals surface area contributed by atoms with Crippen LogP contribution in [0.4, 0.5) is 0 Å². The molecule has 0 aromatic carbocycles. The number of hydrogen-bond acceptors (Lipinski definition) is 29. The predicted molar refractivity (Wildman–Crippen MR) is 296 cm³/mol. The van der Waals surface area contributed by atoms with Gasteiger partial charge in [-0.2, -0.15) is 0 Å². The normalized spacial score (nSPS) is 41.2. The zero-order chi connectivity index (χ0) is 65.5. The van der Waals surface area contributed by atoms with Gasteiger partial charge in [-0.25, -0.2) is 0 Å². The molecule has 0 saturated carbocycles. The summed E-state index contributed by atoms with van der Waals surface area (Å²) in [6.07, 6.45) is -24.7. The molecule has 4 unspecified atom stereocenters. The summed E-state index contributed by atoms with van der Waals surface area (Å²) in [6.45, 7) is 21.8. The van der Waals surface area contributed by atoms with Gasteiger partial charge in [-0.05, 0) is 94.8 Å². The highest BCUT2D eigenvalue weighted by atomic mass is 16.8. The molecule has 0 radical (unpaired) electrons. The van der Waals surface area contributed by atoms with Gasteiger partial charge in [-0.1, -0.05) is 20.8 Å². The van der Waals surface area contributed by atoms with E-state index in [1.54, 1.807) is 48.8 Å². The van der Waals surface area contributed by atoms with E-state index in [0.717, 1.165) is 34.6 Å². The third-order valence-corrected chi connectivity index (χ3v) is 16.5. The van der Waals surface area contributed by atoms with Crippen LogP contribution < -0.4 is 0 Å². The fourth-order valence-corrected chi connectivity index (χ4v) is 12.7. The topological polar surface area (TPSA) is 355 Å². The standard InChI is InChI=1S/C58H96N2O27/c1-20-42-57(16,70)51(86-55-49(80-38(14)68)47(78-36(12)66)45(76-34(10)64)41(82-55)25-73-32(8)62)30(6)60(19)23-26(2)22-56(15)50(28(4)58(71,87-56)29(5)52(69)83-42)85-53-43(39(59(17)18)21-27(3)74-53)84-54-48(79-37(13)67)46(77-35(11)65)44(75-33(9)63)40(81-54)24-72-31(7)61/h26-30,33-34,39-51,53-55,63-64,70-71H,20-25H2,1-19H3/t26-,27-,28-,29+,30-,33?,34?,39+,40-,41-,42-,43-,44-,45-,46+,47+,48-,49-,50-,51-,53+,54?,55?,56+,57-,58+/m1/s1. The van der Waals surface area contributed by atoms with Crippen molar-refractivity contribution in [3.63, 3.8) is 0 Å². The first-order valence-electron chi connectivity index (χ1n) is 29.6. The molecule has 0 amide bonds. The second-order valence-electron chi connectivity index (χ2n) is 24.4. The fourth-order valence-electron chi connectivity index (χ4n) is 12.7. The molecule has 5 rings (SSSR count). The molecule has 500 valence electrons. The summed E-state index contributed by atoms with van der Waals surface area (Å²) in [7, 11) is 5.34. The highest BCUT2D eigenvalue weighted by Gasteiger charge is 2.65. The minimum atomic E-state index is -2.36. The summed E-state index contributed by atoms with van der Waals surface area (Å²) in [5, 5.41) is 47.0. The van der Waals surface area contributed by atoms with Crippen molar-refractivity contribution >= 4 is 41.8 Å². The number of cyclic esters (lactones) is 1. The molecule has 5 saturated heterocycles. The highest BCUT2D eigenvalue weighted by molar-refractivity contribution is 5.74. The van der Waals surface area contributed by atoms with Crippen LogP contribution in [0, 0.1) is 17.8 Å². The number of ether oxygens (including phenoxy) is 16. The van der Waals surface area contributed by atoms with Crippen molar-refractivity contribution in [1.82, 2.24) is 9.80 Å². The fraction of sp³-hybridized carbons (Fsp3) is 0.879. The van der Waals surface area contributed by atoms with Gasteiger partial charge in [0, 0.05) is 66.1 Å². The van der Waals surface area contributed by atoms with Crippen LogP contribution in [0.1, 0.15) is 130 Å². The van der Waals surface area contributed by atoms with Crippen LogP contribution in [0.3, 0.4) is 0 Å². The van der Waals surface area contributed by atoms with Crippen molar-refractivity contribution in [2.75, 3.05) is 40.9 Å². The molecule has 5 fully saturated rings. The lowest BCUT2D eigenvalue weighted by Crippen LogP contribution is -2.67. The van der Waals surface area contributed by atoms with Crippen LogP contribution in [-0.4, -0.2) is 253 Å². The van der Waals surface area contributed by atoms with Crippen molar-refractivity contribution in [1.29, 1.82) is 0 Å². The maximum Gasteiger partial charge on any atom is 0.314 e. The molecule has 0 aliphatic carbocycles. The number of carbonyl (C=O) groups excluding carboxylic acids is 7. The number of nitrogens with zero attached hydrogens (tertiary/aromatic N) is 2. The van der Waals surface area contributed by atoms with Crippen LogP contribution in [0.25, 0.3) is 0 Å². The number of hydrogen-bond donors (Lipinski definition) is 4. The van der Waals surface area contributed by atoms with E-state index >= 15 is 0 Å². The van der Waals surface area contributed by atoms with Gasteiger partial charge in [-0.3, -0.25) is 33.6 Å². The van der Waals surface area contributed by atoms with Crippen LogP contribution in [-0.2, 0) is 109 Å². The summed E-state index contributed by atoms with van der Waals surface area (Å²) >= 11 is 0. The third-order valence-electron chi connectivity index (χ3n) is 16.5. The van der Waals surface area contributed by atoms with Crippen molar-refractivity contribution in [2.24, 2.45) is 17.8 Å². The van der Waals surface area contributed by atoms with Crippen LogP contribution >= 0.6 is 0 Å². The quantitative estimate of drug-likeness (QED) is 0.0754. The van der Waals surface area contributed by atoms with E-state index in [1.807, 2.05) is 23.6 Å². The highest BCUT2D eigenvalue weighted by Crippen LogP contribution is 2.51. The Morgan fingerprint density at radius 2 is 1.08 bits per heavy atom. The van der Waals surface area contributed by atoms with Gasteiger partial charge < -0.3 is 106 Å². The van der Waals surface area contributed by atoms with Gasteiger partial charge in [0.1, 0.15) is 67.5 Å². The predicted octanol–water partition coefficient (Wildman–Crippen LogP) is 1.14. The third kappa shape index (κ3) is 18.2. The smallest absolute Gasteiger partial charge is 0.314 e. The molecule has 0 spiro atoms. The van der Waals surface area contributed by atoms with Crippen molar-refractivity contribution in [2.45, 2.75) is 270 Å². The number of aliphatic hydroxyl groups is 4. The number of rotatable bonds is 20. The number of aliphatic hydroxyl groups excluding tert-OH is 2. The average Bonchev–Trinajstić information content (AvgIpc) is 1.67. The van der Waals surface area contributed by atoms with Gasteiger partial charge in [0.15, 0.2) is 61.7 Å². The SMILES string of the molecule is CC[C@H]1OC(=O)[C@H](C)[C@@]2(O)O[C@@](C)(C[C@@H](C)CN(C)[C@H](C)[C@@H](OC3O[C@H](COC(C)=O)[C@@H](OC(C)O)[C@H](OC(C)=O)[C@H]3OC(C)=O)[C@]1(C)O)[C@H](O[C@@H]1O[C@H](C)C[C@H](N(C)C)[C@H]1OC1O[C@H](COC(C)=O)[C@@H](OC(C)O)[C@H](OC(C)=O)[C@H]1OC(C)=O)[C@H]2C. The number of fused-ring (bicyclic) bond motifs is 2. The number of esters is 7. The minimum Gasteiger partial charge on any atom is -0.463 e. The van der Waals surface area contributed by atoms with Gasteiger partial charge in [0.05, 0.1) is 17.8 Å². The Balaban J connectivity index is 1.60. The lowest BCUT2D eigenvalue weighted by molar-refractivity contribution is -0.365. The Labute approximate surface area is 508 Å². The molecule has 0 aromatic heterocycles. The Bertz CT molecular complexity index is 2340. The van der Waals surface area contributed by atoms with Crippen LogP contribution in [0.2, 0.25) is 0 Å². The second-order valence-corrected chi connectivity index (χ2v) is 24.4. The van der Waals surface area contributed by atoms with E-state index in [2.05, 4.69) is 0 Å². The van der Waals surface area contributed by atoms with E-state index in [0.29, 0.717) is 6.42 Å². The first kappa shape index (κ1) is 73.4. The molecule has 0 aromatic rings. The van der Waals surface area contributed by atoms with Crippen molar-refractivity contribution < 1.29 is 130 Å². The van der Waals surface area contributed by atoms with Gasteiger partial charge in [0.2, 0.25) is 0 Å². The number of carbonyl (C=O) groups is 7. The largest absolute Gasteiger partial charge is 0.463 e. The Morgan fingerprint density at radius 1 is 0.644 bits per heavy atom. The number of likely N-dealkylation sites (N-methyl/N-ethyl adjacent to an activating group) is 2. The first-order chi connectivity index (χ1) is 40.3. The van der Waals surface area contributed by atoms with Crippen molar-refractivity contribution in [3.8, 4) is 0 Å². The zero-order valence-corrected chi connectivity index (χ0v) is 53.6. The van der Waals surface area contributed by atoms with Gasteiger partial charge in [-0.15, -0.1) is 0 Å². The van der Waals surface area contributed by atoms with Crippen molar-refractivity contribution in [3.05, 3.63) is 0 Å². The Morgan fingerprint density at radius 3 is 1.51 bits per heavy atom. The molecular formula is C58H96N2O27. The van der Waals surface area contributed by atoms with Gasteiger partial charge >= 0.3 is 41.8 Å². The lowest BCUT2D eigenvalue weighted by Gasteiger charge is -2.50. The van der Waals surface area contributed by atoms with E-state index in [9.17, 15) is 54.0 Å².